The predicted octanol–water partition coefficient (Wildman–Crippen LogP) is 3.67. The van der Waals surface area contributed by atoms with E-state index in [9.17, 15) is 9.59 Å². The second kappa shape index (κ2) is 10.3. The first-order chi connectivity index (χ1) is 19.1. The number of rotatable bonds is 6. The monoisotopic (exact) mass is 540 g/mol. The lowest BCUT2D eigenvalue weighted by Crippen LogP contribution is -2.40. The number of esters is 1. The highest BCUT2D eigenvalue weighted by atomic mass is 32.1. The molecule has 6 rings (SSSR count). The van der Waals surface area contributed by atoms with Crippen LogP contribution in [0.3, 0.4) is 0 Å². The number of aromatic nitrogens is 1. The Kier molecular flexibility index (Phi) is 6.50. The van der Waals surface area contributed by atoms with Gasteiger partial charge in [-0.2, -0.15) is 0 Å². The van der Waals surface area contributed by atoms with Crippen molar-refractivity contribution in [1.82, 2.24) is 4.57 Å². The van der Waals surface area contributed by atoms with Gasteiger partial charge in [0.15, 0.2) is 16.3 Å². The van der Waals surface area contributed by atoms with Crippen LogP contribution in [0.2, 0.25) is 0 Å². The van der Waals surface area contributed by atoms with Crippen molar-refractivity contribution in [3.63, 3.8) is 0 Å². The number of carbonyl (C=O) groups is 1. The molecule has 0 radical (unpaired) electrons. The fraction of sp³-hybridized carbons (Fsp3) is 0.167. The summed E-state index contributed by atoms with van der Waals surface area (Å²) < 4.78 is 24.2. The second-order valence-electron chi connectivity index (χ2n) is 8.79. The lowest BCUT2D eigenvalue weighted by molar-refractivity contribution is -0.138. The molecular formula is C30H24N2O6S. The Balaban J connectivity index is 1.65. The van der Waals surface area contributed by atoms with E-state index >= 15 is 0 Å². The molecule has 3 aromatic carbocycles. The van der Waals surface area contributed by atoms with E-state index in [2.05, 4.69) is 0 Å². The van der Waals surface area contributed by atoms with Crippen LogP contribution >= 0.6 is 11.3 Å². The van der Waals surface area contributed by atoms with Crippen LogP contribution in [0.4, 0.5) is 0 Å². The SMILES string of the molecule is CCOC(=O)C1=C(c2ccccc2)N=c2sc(=Cc3ccccc3OC)c(=O)n2C1c1ccc2c(c1)OCO2. The molecule has 1 atom stereocenters. The van der Waals surface area contributed by atoms with Crippen LogP contribution in [-0.4, -0.2) is 31.0 Å². The number of methoxy groups -OCH3 is 1. The summed E-state index contributed by atoms with van der Waals surface area (Å²) in [5, 5.41) is 0. The molecule has 0 spiro atoms. The first-order valence-corrected chi connectivity index (χ1v) is 13.2. The van der Waals surface area contributed by atoms with Crippen molar-refractivity contribution >= 4 is 29.1 Å². The third-order valence-corrected chi connectivity index (χ3v) is 7.49. The van der Waals surface area contributed by atoms with E-state index in [1.165, 1.54) is 11.3 Å². The van der Waals surface area contributed by atoms with Crippen molar-refractivity contribution in [1.29, 1.82) is 0 Å². The normalized spacial score (nSPS) is 16.1. The number of ether oxygens (including phenoxy) is 4. The summed E-state index contributed by atoms with van der Waals surface area (Å²) in [4.78, 5) is 32.9. The van der Waals surface area contributed by atoms with E-state index in [-0.39, 0.29) is 24.5 Å². The fourth-order valence-electron chi connectivity index (χ4n) is 4.77. The highest BCUT2D eigenvalue weighted by Gasteiger charge is 2.36. The van der Waals surface area contributed by atoms with Gasteiger partial charge in [-0.3, -0.25) is 9.36 Å². The Morgan fingerprint density at radius 2 is 1.85 bits per heavy atom. The molecule has 2 aliphatic heterocycles. The van der Waals surface area contributed by atoms with Gasteiger partial charge in [-0.1, -0.05) is 65.9 Å². The third-order valence-electron chi connectivity index (χ3n) is 6.51. The predicted molar refractivity (Wildman–Crippen MR) is 147 cm³/mol. The number of fused-ring (bicyclic) bond motifs is 2. The van der Waals surface area contributed by atoms with Crippen LogP contribution in [0.5, 0.6) is 17.2 Å². The number of hydrogen-bond acceptors (Lipinski definition) is 8. The maximum atomic E-state index is 14.0. The topological polar surface area (TPSA) is 88.4 Å². The van der Waals surface area contributed by atoms with Crippen molar-refractivity contribution in [2.24, 2.45) is 4.99 Å². The largest absolute Gasteiger partial charge is 0.496 e. The molecule has 0 fully saturated rings. The van der Waals surface area contributed by atoms with Gasteiger partial charge in [-0.15, -0.1) is 0 Å². The summed E-state index contributed by atoms with van der Waals surface area (Å²) in [7, 11) is 1.59. The average molecular weight is 541 g/mol. The molecule has 1 aromatic heterocycles. The molecule has 4 aromatic rings. The van der Waals surface area contributed by atoms with E-state index in [1.807, 2.05) is 60.7 Å². The van der Waals surface area contributed by atoms with E-state index in [0.717, 1.165) is 11.1 Å². The van der Waals surface area contributed by atoms with Crippen LogP contribution in [-0.2, 0) is 9.53 Å². The number of thiazole rings is 1. The summed E-state index contributed by atoms with van der Waals surface area (Å²) in [6.07, 6.45) is 1.79. The van der Waals surface area contributed by atoms with Gasteiger partial charge in [0, 0.05) is 11.1 Å². The zero-order valence-electron chi connectivity index (χ0n) is 21.2. The summed E-state index contributed by atoms with van der Waals surface area (Å²) in [5.74, 6) is 1.26. The van der Waals surface area contributed by atoms with Gasteiger partial charge in [0.25, 0.3) is 5.56 Å². The van der Waals surface area contributed by atoms with Crippen molar-refractivity contribution in [3.8, 4) is 17.2 Å². The number of carbonyl (C=O) groups excluding carboxylic acids is 1. The second-order valence-corrected chi connectivity index (χ2v) is 9.80. The van der Waals surface area contributed by atoms with E-state index in [1.54, 1.807) is 36.8 Å². The zero-order chi connectivity index (χ0) is 26.9. The number of benzene rings is 3. The van der Waals surface area contributed by atoms with Crippen molar-refractivity contribution in [3.05, 3.63) is 115 Å². The Bertz CT molecular complexity index is 1790. The maximum absolute atomic E-state index is 14.0. The van der Waals surface area contributed by atoms with Crippen LogP contribution in [0, 0.1) is 0 Å². The molecule has 196 valence electrons. The van der Waals surface area contributed by atoms with Crippen LogP contribution in [0.1, 0.15) is 29.7 Å². The molecular weight excluding hydrogens is 516 g/mol. The van der Waals surface area contributed by atoms with Crippen molar-refractivity contribution < 1.29 is 23.7 Å². The highest BCUT2D eigenvalue weighted by Crippen LogP contribution is 2.40. The number of nitrogens with zero attached hydrogens (tertiary/aromatic N) is 2. The molecule has 39 heavy (non-hydrogen) atoms. The first-order valence-electron chi connectivity index (χ1n) is 12.4. The van der Waals surface area contributed by atoms with E-state index in [0.29, 0.717) is 37.8 Å². The minimum Gasteiger partial charge on any atom is -0.496 e. The van der Waals surface area contributed by atoms with Gasteiger partial charge in [0.2, 0.25) is 6.79 Å². The molecule has 8 nitrogen and oxygen atoms in total. The molecule has 0 N–H and O–H groups in total. The molecule has 3 heterocycles. The zero-order valence-corrected chi connectivity index (χ0v) is 22.1. The standard InChI is InChI=1S/C30H24N2O6S/c1-3-36-29(34)25-26(18-9-5-4-6-10-18)31-30-32(27(25)20-13-14-22-23(15-20)38-17-37-22)28(33)24(39-30)16-19-11-7-8-12-21(19)35-2/h4-16,27H,3,17H2,1-2H3. The lowest BCUT2D eigenvalue weighted by Gasteiger charge is -2.26. The third kappa shape index (κ3) is 4.40. The molecule has 1 unspecified atom stereocenters. The van der Waals surface area contributed by atoms with E-state index < -0.39 is 12.0 Å². The molecule has 9 heteroatoms. The maximum Gasteiger partial charge on any atom is 0.338 e. The summed E-state index contributed by atoms with van der Waals surface area (Å²) in [6.45, 7) is 2.03. The van der Waals surface area contributed by atoms with Gasteiger partial charge in [0.05, 0.1) is 35.6 Å². The Labute approximate surface area is 227 Å². The minimum atomic E-state index is -0.801. The number of para-hydroxylation sites is 1. The van der Waals surface area contributed by atoms with Crippen molar-refractivity contribution in [2.75, 3.05) is 20.5 Å². The average Bonchev–Trinajstić information content (AvgIpc) is 3.56. The summed E-state index contributed by atoms with van der Waals surface area (Å²) in [6, 6.07) is 21.5. The Hall–Kier alpha value is -4.63. The summed E-state index contributed by atoms with van der Waals surface area (Å²) in [5.41, 5.74) is 2.64. The van der Waals surface area contributed by atoms with Crippen LogP contribution in [0.15, 0.2) is 88.2 Å². The van der Waals surface area contributed by atoms with Gasteiger partial charge in [0.1, 0.15) is 5.75 Å². The molecule has 0 saturated carbocycles. The first kappa shape index (κ1) is 24.7. The van der Waals surface area contributed by atoms with Gasteiger partial charge >= 0.3 is 5.97 Å². The fourth-order valence-corrected chi connectivity index (χ4v) is 5.76. The van der Waals surface area contributed by atoms with Gasteiger partial charge < -0.3 is 18.9 Å². The van der Waals surface area contributed by atoms with Gasteiger partial charge in [-0.25, -0.2) is 9.79 Å². The smallest absolute Gasteiger partial charge is 0.338 e. The number of hydrogen-bond donors (Lipinski definition) is 0. The highest BCUT2D eigenvalue weighted by molar-refractivity contribution is 7.07. The Morgan fingerprint density at radius 3 is 2.64 bits per heavy atom. The Morgan fingerprint density at radius 1 is 1.08 bits per heavy atom. The quantitative estimate of drug-likeness (QED) is 0.347. The molecule has 0 aliphatic carbocycles. The molecule has 0 amide bonds. The minimum absolute atomic E-state index is 0.107. The molecule has 0 saturated heterocycles. The lowest BCUT2D eigenvalue weighted by atomic mass is 9.93. The summed E-state index contributed by atoms with van der Waals surface area (Å²) >= 11 is 1.26. The molecule has 2 aliphatic rings. The van der Waals surface area contributed by atoms with Crippen LogP contribution < -0.4 is 29.1 Å². The molecule has 0 bridgehead atoms. The van der Waals surface area contributed by atoms with Crippen molar-refractivity contribution in [2.45, 2.75) is 13.0 Å². The van der Waals surface area contributed by atoms with Gasteiger partial charge in [-0.05, 0) is 36.8 Å². The van der Waals surface area contributed by atoms with E-state index in [4.69, 9.17) is 23.9 Å². The van der Waals surface area contributed by atoms with Crippen LogP contribution in [0.25, 0.3) is 11.8 Å².